The third-order valence-electron chi connectivity index (χ3n) is 5.39. The van der Waals surface area contributed by atoms with Gasteiger partial charge in [0.1, 0.15) is 0 Å². The van der Waals surface area contributed by atoms with E-state index in [0.717, 1.165) is 6.04 Å². The van der Waals surface area contributed by atoms with Crippen LogP contribution >= 0.6 is 11.3 Å². The molecule has 3 rings (SSSR count). The number of thiophene rings is 1. The van der Waals surface area contributed by atoms with Gasteiger partial charge < -0.3 is 5.32 Å². The van der Waals surface area contributed by atoms with E-state index in [1.54, 1.807) is 4.88 Å². The molecule has 21 heavy (non-hydrogen) atoms. The minimum atomic E-state index is 0.442. The molecule has 118 valence electrons. The van der Waals surface area contributed by atoms with Crippen molar-refractivity contribution >= 4 is 11.3 Å². The molecule has 1 aliphatic heterocycles. The number of rotatable bonds is 5. The van der Waals surface area contributed by atoms with E-state index >= 15 is 0 Å². The Morgan fingerprint density at radius 2 is 2.19 bits per heavy atom. The topological polar surface area (TPSA) is 15.3 Å². The lowest BCUT2D eigenvalue weighted by molar-refractivity contribution is 0.0527. The predicted molar refractivity (Wildman–Crippen MR) is 92.1 cm³/mol. The Labute approximate surface area is 133 Å². The van der Waals surface area contributed by atoms with Gasteiger partial charge in [-0.15, -0.1) is 11.3 Å². The Balaban J connectivity index is 1.62. The third-order valence-corrected chi connectivity index (χ3v) is 6.33. The highest BCUT2D eigenvalue weighted by Crippen LogP contribution is 2.32. The molecular weight excluding hydrogens is 276 g/mol. The van der Waals surface area contributed by atoms with Crippen LogP contribution in [0.15, 0.2) is 17.5 Å². The second kappa shape index (κ2) is 7.26. The second-order valence-electron chi connectivity index (χ2n) is 6.96. The average Bonchev–Trinajstić information content (AvgIpc) is 3.02. The van der Waals surface area contributed by atoms with Crippen molar-refractivity contribution in [2.45, 2.75) is 69.9 Å². The van der Waals surface area contributed by atoms with Crippen molar-refractivity contribution < 1.29 is 0 Å². The van der Waals surface area contributed by atoms with E-state index in [1.165, 1.54) is 71.0 Å². The maximum absolute atomic E-state index is 3.95. The highest BCUT2D eigenvalue weighted by atomic mass is 32.1. The summed E-state index contributed by atoms with van der Waals surface area (Å²) in [6, 6.07) is 5.23. The van der Waals surface area contributed by atoms with Crippen molar-refractivity contribution in [3.8, 4) is 0 Å². The zero-order valence-corrected chi connectivity index (χ0v) is 14.3. The van der Waals surface area contributed by atoms with Crippen LogP contribution in [0.2, 0.25) is 0 Å². The van der Waals surface area contributed by atoms with E-state index in [0.29, 0.717) is 5.54 Å². The van der Waals surface area contributed by atoms with Crippen molar-refractivity contribution in [3.63, 3.8) is 0 Å². The molecule has 2 aliphatic rings. The minimum Gasteiger partial charge on any atom is -0.308 e. The van der Waals surface area contributed by atoms with E-state index in [4.69, 9.17) is 0 Å². The molecular formula is C18H30N2S. The molecule has 3 heteroatoms. The normalized spacial score (nSPS) is 26.2. The van der Waals surface area contributed by atoms with Crippen LogP contribution in [0.3, 0.4) is 0 Å². The van der Waals surface area contributed by atoms with Gasteiger partial charge in [0.05, 0.1) is 0 Å². The first-order valence-corrected chi connectivity index (χ1v) is 9.71. The second-order valence-corrected chi connectivity index (χ2v) is 8.00. The molecule has 1 aromatic rings. The van der Waals surface area contributed by atoms with Crippen molar-refractivity contribution in [3.05, 3.63) is 22.4 Å². The maximum Gasteiger partial charge on any atom is 0.0309 e. The molecule has 1 atom stereocenters. The van der Waals surface area contributed by atoms with Gasteiger partial charge in [0.2, 0.25) is 0 Å². The zero-order valence-electron chi connectivity index (χ0n) is 13.4. The summed E-state index contributed by atoms with van der Waals surface area (Å²) in [5.74, 6) is 0. The summed E-state index contributed by atoms with van der Waals surface area (Å²) in [6.45, 7) is 6.05. The van der Waals surface area contributed by atoms with Gasteiger partial charge >= 0.3 is 0 Å². The maximum atomic E-state index is 3.95. The van der Waals surface area contributed by atoms with E-state index in [9.17, 15) is 0 Å². The number of hydrogen-bond acceptors (Lipinski definition) is 3. The number of piperazine rings is 1. The van der Waals surface area contributed by atoms with Crippen molar-refractivity contribution in [2.24, 2.45) is 0 Å². The molecule has 0 amide bonds. The smallest absolute Gasteiger partial charge is 0.0309 e. The Morgan fingerprint density at radius 1 is 1.33 bits per heavy atom. The standard InChI is InChI=1S/C18H30N2S/c1-2-7-16-14-19-18(10-4-3-5-11-18)15-20(16)12-9-17-8-6-13-21-17/h6,8,13,16,19H,2-5,7,9-12,14-15H2,1H3. The predicted octanol–water partition coefficient (Wildman–Crippen LogP) is 4.07. The molecule has 1 unspecified atom stereocenters. The van der Waals surface area contributed by atoms with Gasteiger partial charge in [-0.05, 0) is 37.1 Å². The summed E-state index contributed by atoms with van der Waals surface area (Å²) >= 11 is 1.91. The van der Waals surface area contributed by atoms with Crippen molar-refractivity contribution in [1.82, 2.24) is 10.2 Å². The van der Waals surface area contributed by atoms with Crippen LogP contribution in [0.1, 0.15) is 56.7 Å². The average molecular weight is 307 g/mol. The van der Waals surface area contributed by atoms with Gasteiger partial charge in [0, 0.05) is 36.1 Å². The molecule has 1 N–H and O–H groups in total. The highest BCUT2D eigenvalue weighted by molar-refractivity contribution is 7.09. The van der Waals surface area contributed by atoms with Gasteiger partial charge in [-0.1, -0.05) is 38.7 Å². The van der Waals surface area contributed by atoms with Gasteiger partial charge in [-0.25, -0.2) is 0 Å². The summed E-state index contributed by atoms with van der Waals surface area (Å²) in [7, 11) is 0. The van der Waals surface area contributed by atoms with Crippen LogP contribution < -0.4 is 5.32 Å². The van der Waals surface area contributed by atoms with Crippen molar-refractivity contribution in [1.29, 1.82) is 0 Å². The van der Waals surface area contributed by atoms with Crippen LogP contribution in [0, 0.1) is 0 Å². The van der Waals surface area contributed by atoms with Crippen LogP contribution in [0.25, 0.3) is 0 Å². The molecule has 0 aromatic carbocycles. The first kappa shape index (κ1) is 15.5. The molecule has 0 bridgehead atoms. The van der Waals surface area contributed by atoms with Crippen molar-refractivity contribution in [2.75, 3.05) is 19.6 Å². The fraction of sp³-hybridized carbons (Fsp3) is 0.778. The Hall–Kier alpha value is -0.380. The summed E-state index contributed by atoms with van der Waals surface area (Å²) in [6.07, 6.45) is 10.9. The minimum absolute atomic E-state index is 0.442. The molecule has 1 aromatic heterocycles. The molecule has 1 aliphatic carbocycles. The van der Waals surface area contributed by atoms with Gasteiger partial charge in [0.15, 0.2) is 0 Å². The largest absolute Gasteiger partial charge is 0.308 e. The summed E-state index contributed by atoms with van der Waals surface area (Å²) in [5.41, 5.74) is 0.442. The summed E-state index contributed by atoms with van der Waals surface area (Å²) in [4.78, 5) is 4.35. The summed E-state index contributed by atoms with van der Waals surface area (Å²) < 4.78 is 0. The Morgan fingerprint density at radius 3 is 2.90 bits per heavy atom. The lowest BCUT2D eigenvalue weighted by Crippen LogP contribution is -2.64. The molecule has 0 radical (unpaired) electrons. The number of nitrogens with zero attached hydrogens (tertiary/aromatic N) is 1. The van der Waals surface area contributed by atoms with Gasteiger partial charge in [-0.3, -0.25) is 4.90 Å². The Kier molecular flexibility index (Phi) is 5.36. The Bertz CT molecular complexity index is 409. The first-order valence-electron chi connectivity index (χ1n) is 8.83. The van der Waals surface area contributed by atoms with E-state index in [2.05, 4.69) is 34.7 Å². The van der Waals surface area contributed by atoms with E-state index < -0.39 is 0 Å². The van der Waals surface area contributed by atoms with Crippen LogP contribution in [-0.4, -0.2) is 36.1 Å². The fourth-order valence-corrected chi connectivity index (χ4v) is 4.89. The van der Waals surface area contributed by atoms with Crippen LogP contribution in [0.5, 0.6) is 0 Å². The molecule has 1 spiro atoms. The lowest BCUT2D eigenvalue weighted by Gasteiger charge is -2.50. The van der Waals surface area contributed by atoms with E-state index in [-0.39, 0.29) is 0 Å². The highest BCUT2D eigenvalue weighted by Gasteiger charge is 2.39. The molecule has 2 heterocycles. The van der Waals surface area contributed by atoms with Gasteiger partial charge in [0.25, 0.3) is 0 Å². The molecule has 1 saturated carbocycles. The monoisotopic (exact) mass is 306 g/mol. The van der Waals surface area contributed by atoms with E-state index in [1.807, 2.05) is 11.3 Å². The molecule has 2 nitrogen and oxygen atoms in total. The van der Waals surface area contributed by atoms with Gasteiger partial charge in [-0.2, -0.15) is 0 Å². The zero-order chi connectivity index (χ0) is 14.5. The quantitative estimate of drug-likeness (QED) is 0.882. The first-order chi connectivity index (χ1) is 10.3. The summed E-state index contributed by atoms with van der Waals surface area (Å²) in [5, 5.41) is 6.16. The van der Waals surface area contributed by atoms with Crippen LogP contribution in [-0.2, 0) is 6.42 Å². The van der Waals surface area contributed by atoms with Crippen LogP contribution in [0.4, 0.5) is 0 Å². The lowest BCUT2D eigenvalue weighted by atomic mass is 9.79. The SMILES string of the molecule is CCCC1CNC2(CCCCC2)CN1CCc1cccs1. The molecule has 2 fully saturated rings. The molecule has 1 saturated heterocycles. The number of nitrogens with one attached hydrogen (secondary N) is 1. The third kappa shape index (κ3) is 3.88. The fourth-order valence-electron chi connectivity index (χ4n) is 4.19. The number of hydrogen-bond donors (Lipinski definition) is 1.